The maximum absolute atomic E-state index is 12.8. The molecule has 0 heterocycles. The molecule has 3 rings (SSSR count). The Morgan fingerprint density at radius 3 is 2.74 bits per heavy atom. The topological polar surface area (TPSA) is 29.5 Å². The van der Waals surface area contributed by atoms with Crippen molar-refractivity contribution in [1.29, 1.82) is 0 Å². The molecule has 0 N–H and O–H groups in total. The van der Waals surface area contributed by atoms with E-state index in [1.807, 2.05) is 36.2 Å². The molecule has 3 nitrogen and oxygen atoms in total. The van der Waals surface area contributed by atoms with E-state index in [2.05, 4.69) is 24.3 Å². The van der Waals surface area contributed by atoms with E-state index in [0.717, 1.165) is 30.4 Å². The summed E-state index contributed by atoms with van der Waals surface area (Å²) in [7, 11) is 3.59. The predicted molar refractivity (Wildman–Crippen MR) is 91.5 cm³/mol. The molecule has 1 atom stereocenters. The Morgan fingerprint density at radius 2 is 1.96 bits per heavy atom. The minimum Gasteiger partial charge on any atom is -0.380 e. The van der Waals surface area contributed by atoms with E-state index >= 15 is 0 Å². The van der Waals surface area contributed by atoms with Crippen LogP contribution in [0.25, 0.3) is 0 Å². The second-order valence-corrected chi connectivity index (χ2v) is 6.21. The fourth-order valence-corrected chi connectivity index (χ4v) is 3.34. The van der Waals surface area contributed by atoms with Gasteiger partial charge in [-0.3, -0.25) is 4.79 Å². The number of rotatable bonds is 4. The zero-order valence-corrected chi connectivity index (χ0v) is 13.8. The van der Waals surface area contributed by atoms with Gasteiger partial charge >= 0.3 is 0 Å². The lowest BCUT2D eigenvalue weighted by molar-refractivity contribution is 0.0718. The molecule has 120 valence electrons. The van der Waals surface area contributed by atoms with E-state index in [9.17, 15) is 4.79 Å². The molecular weight excluding hydrogens is 286 g/mol. The maximum atomic E-state index is 12.8. The summed E-state index contributed by atoms with van der Waals surface area (Å²) in [5, 5.41) is 0. The molecule has 2 aromatic carbocycles. The van der Waals surface area contributed by atoms with E-state index in [4.69, 9.17) is 4.74 Å². The van der Waals surface area contributed by atoms with Crippen molar-refractivity contribution in [3.8, 4) is 0 Å². The van der Waals surface area contributed by atoms with Crippen LogP contribution in [0.15, 0.2) is 48.5 Å². The van der Waals surface area contributed by atoms with Gasteiger partial charge in [-0.1, -0.05) is 36.4 Å². The standard InChI is InChI=1S/C20H23NO2/c1-21(19-11-10-16-7-3-4-8-17(16)13-19)20(22)18-9-5-6-15(12-18)14-23-2/h3-9,12,19H,10-11,13-14H2,1-2H3/t19-/m1/s1. The van der Waals surface area contributed by atoms with Crippen LogP contribution in [0.2, 0.25) is 0 Å². The van der Waals surface area contributed by atoms with Crippen LogP contribution in [0, 0.1) is 0 Å². The van der Waals surface area contributed by atoms with Crippen LogP contribution >= 0.6 is 0 Å². The normalized spacial score (nSPS) is 16.7. The zero-order valence-electron chi connectivity index (χ0n) is 13.8. The quantitative estimate of drug-likeness (QED) is 0.865. The summed E-state index contributed by atoms with van der Waals surface area (Å²) in [6.45, 7) is 0.529. The largest absolute Gasteiger partial charge is 0.380 e. The molecular formula is C20H23NO2. The number of nitrogens with zero attached hydrogens (tertiary/aromatic N) is 1. The third-order valence-electron chi connectivity index (χ3n) is 4.67. The van der Waals surface area contributed by atoms with Crippen LogP contribution in [-0.4, -0.2) is 31.0 Å². The first-order valence-corrected chi connectivity index (χ1v) is 8.11. The fraction of sp³-hybridized carbons (Fsp3) is 0.350. The zero-order chi connectivity index (χ0) is 16.2. The Bertz CT molecular complexity index is 696. The molecule has 0 aromatic heterocycles. The van der Waals surface area contributed by atoms with Crippen molar-refractivity contribution >= 4 is 5.91 Å². The minimum absolute atomic E-state index is 0.0901. The van der Waals surface area contributed by atoms with Gasteiger partial charge < -0.3 is 9.64 Å². The maximum Gasteiger partial charge on any atom is 0.253 e. The smallest absolute Gasteiger partial charge is 0.253 e. The van der Waals surface area contributed by atoms with Crippen molar-refractivity contribution in [1.82, 2.24) is 4.90 Å². The average Bonchev–Trinajstić information content (AvgIpc) is 2.60. The van der Waals surface area contributed by atoms with E-state index in [1.54, 1.807) is 7.11 Å². The summed E-state index contributed by atoms with van der Waals surface area (Å²) < 4.78 is 5.15. The number of carbonyl (C=O) groups is 1. The van der Waals surface area contributed by atoms with Crippen molar-refractivity contribution in [3.63, 3.8) is 0 Å². The Labute approximate surface area is 137 Å². The highest BCUT2D eigenvalue weighted by molar-refractivity contribution is 5.94. The van der Waals surface area contributed by atoms with Crippen molar-refractivity contribution in [3.05, 3.63) is 70.8 Å². The van der Waals surface area contributed by atoms with Gasteiger partial charge in [-0.05, 0) is 48.1 Å². The highest BCUT2D eigenvalue weighted by Gasteiger charge is 2.25. The van der Waals surface area contributed by atoms with E-state index in [0.29, 0.717) is 6.61 Å². The first-order chi connectivity index (χ1) is 11.2. The van der Waals surface area contributed by atoms with Crippen LogP contribution in [0.5, 0.6) is 0 Å². The first-order valence-electron chi connectivity index (χ1n) is 8.11. The van der Waals surface area contributed by atoms with Crippen LogP contribution in [-0.2, 0) is 24.2 Å². The van der Waals surface area contributed by atoms with Gasteiger partial charge in [-0.2, -0.15) is 0 Å². The molecule has 1 aliphatic rings. The lowest BCUT2D eigenvalue weighted by atomic mass is 9.87. The Morgan fingerprint density at radius 1 is 1.17 bits per heavy atom. The van der Waals surface area contributed by atoms with Crippen molar-refractivity contribution in [2.75, 3.05) is 14.2 Å². The molecule has 1 amide bonds. The SMILES string of the molecule is COCc1cccc(C(=O)N(C)[C@@H]2CCc3ccccc3C2)c1. The van der Waals surface area contributed by atoms with Crippen molar-refractivity contribution in [2.45, 2.75) is 31.9 Å². The Balaban J connectivity index is 1.74. The minimum atomic E-state index is 0.0901. The van der Waals surface area contributed by atoms with E-state index < -0.39 is 0 Å². The average molecular weight is 309 g/mol. The highest BCUT2D eigenvalue weighted by atomic mass is 16.5. The van der Waals surface area contributed by atoms with Crippen LogP contribution < -0.4 is 0 Å². The van der Waals surface area contributed by atoms with Gasteiger partial charge in [0, 0.05) is 25.8 Å². The van der Waals surface area contributed by atoms with Gasteiger partial charge in [0.05, 0.1) is 6.61 Å². The highest BCUT2D eigenvalue weighted by Crippen LogP contribution is 2.24. The van der Waals surface area contributed by atoms with Gasteiger partial charge in [-0.25, -0.2) is 0 Å². The molecule has 0 aliphatic heterocycles. The van der Waals surface area contributed by atoms with Gasteiger partial charge in [0.25, 0.3) is 5.91 Å². The van der Waals surface area contributed by atoms with Crippen LogP contribution in [0.1, 0.15) is 33.5 Å². The Hall–Kier alpha value is -2.13. The van der Waals surface area contributed by atoms with Gasteiger partial charge in [0.15, 0.2) is 0 Å². The number of benzene rings is 2. The third kappa shape index (κ3) is 3.45. The summed E-state index contributed by atoms with van der Waals surface area (Å²) in [5.74, 6) is 0.0901. The fourth-order valence-electron chi connectivity index (χ4n) is 3.34. The Kier molecular flexibility index (Phi) is 4.77. The van der Waals surface area contributed by atoms with Gasteiger partial charge in [0.1, 0.15) is 0 Å². The number of amides is 1. The molecule has 0 bridgehead atoms. The summed E-state index contributed by atoms with van der Waals surface area (Å²) in [5.41, 5.74) is 4.56. The molecule has 23 heavy (non-hydrogen) atoms. The van der Waals surface area contributed by atoms with Crippen molar-refractivity contribution < 1.29 is 9.53 Å². The number of hydrogen-bond acceptors (Lipinski definition) is 2. The number of carbonyl (C=O) groups excluding carboxylic acids is 1. The molecule has 2 aromatic rings. The molecule has 0 saturated carbocycles. The summed E-state index contributed by atoms with van der Waals surface area (Å²) in [6, 6.07) is 16.5. The number of hydrogen-bond donors (Lipinski definition) is 0. The molecule has 0 fully saturated rings. The number of methoxy groups -OCH3 is 1. The lowest BCUT2D eigenvalue weighted by Gasteiger charge is -2.32. The second-order valence-electron chi connectivity index (χ2n) is 6.21. The number of likely N-dealkylation sites (N-methyl/N-ethyl adjacent to an activating group) is 1. The lowest BCUT2D eigenvalue weighted by Crippen LogP contribution is -2.40. The molecule has 0 spiro atoms. The van der Waals surface area contributed by atoms with Gasteiger partial charge in [-0.15, -0.1) is 0 Å². The summed E-state index contributed by atoms with van der Waals surface area (Å²) >= 11 is 0. The summed E-state index contributed by atoms with van der Waals surface area (Å²) in [6.07, 6.45) is 3.01. The van der Waals surface area contributed by atoms with Gasteiger partial charge in [0.2, 0.25) is 0 Å². The van der Waals surface area contributed by atoms with Crippen LogP contribution in [0.3, 0.4) is 0 Å². The second kappa shape index (κ2) is 6.97. The molecule has 1 aliphatic carbocycles. The van der Waals surface area contributed by atoms with E-state index in [1.165, 1.54) is 11.1 Å². The predicted octanol–water partition coefficient (Wildman–Crippen LogP) is 3.46. The number of fused-ring (bicyclic) bond motifs is 1. The van der Waals surface area contributed by atoms with Crippen LogP contribution in [0.4, 0.5) is 0 Å². The third-order valence-corrected chi connectivity index (χ3v) is 4.67. The molecule has 0 radical (unpaired) electrons. The molecule has 0 saturated heterocycles. The molecule has 0 unspecified atom stereocenters. The number of aryl methyl sites for hydroxylation is 1. The molecule has 3 heteroatoms. The monoisotopic (exact) mass is 309 g/mol. The van der Waals surface area contributed by atoms with E-state index in [-0.39, 0.29) is 11.9 Å². The first kappa shape index (κ1) is 15.8. The van der Waals surface area contributed by atoms with Crippen molar-refractivity contribution in [2.24, 2.45) is 0 Å². The summed E-state index contributed by atoms with van der Waals surface area (Å²) in [4.78, 5) is 14.7. The number of ether oxygens (including phenoxy) is 1.